The molecule has 4 heteroatoms. The lowest BCUT2D eigenvalue weighted by Gasteiger charge is -2.21. The number of nitrogens with zero attached hydrogens (tertiary/aromatic N) is 1. The Morgan fingerprint density at radius 1 is 1.35 bits per heavy atom. The fourth-order valence-corrected chi connectivity index (χ4v) is 2.92. The minimum Gasteiger partial charge on any atom is -0.395 e. The third kappa shape index (κ3) is 2.00. The Morgan fingerprint density at radius 3 is 3.12 bits per heavy atom. The molecule has 3 rings (SSSR count). The van der Waals surface area contributed by atoms with Gasteiger partial charge in [-0.05, 0) is 31.4 Å². The minimum atomic E-state index is 0.499. The van der Waals surface area contributed by atoms with E-state index in [1.807, 2.05) is 5.51 Å². The highest BCUT2D eigenvalue weighted by Gasteiger charge is 2.12. The number of rotatable bonds is 2. The van der Waals surface area contributed by atoms with E-state index in [1.54, 1.807) is 11.3 Å². The largest absolute Gasteiger partial charge is 0.395 e. The van der Waals surface area contributed by atoms with E-state index in [-0.39, 0.29) is 0 Å². The molecule has 2 aromatic rings. The van der Waals surface area contributed by atoms with Gasteiger partial charge in [0, 0.05) is 6.04 Å². The van der Waals surface area contributed by atoms with Gasteiger partial charge in [0.1, 0.15) is 5.52 Å². The maximum Gasteiger partial charge on any atom is 0.106 e. The van der Waals surface area contributed by atoms with E-state index in [4.69, 9.17) is 5.73 Å². The zero-order valence-corrected chi connectivity index (χ0v) is 10.3. The lowest BCUT2D eigenvalue weighted by Crippen LogP contribution is -2.20. The molecule has 1 aliphatic carbocycles. The topological polar surface area (TPSA) is 50.9 Å². The van der Waals surface area contributed by atoms with Crippen LogP contribution in [-0.4, -0.2) is 11.0 Å². The number of hydrogen-bond acceptors (Lipinski definition) is 4. The predicted octanol–water partition coefficient (Wildman–Crippen LogP) is 3.40. The van der Waals surface area contributed by atoms with E-state index in [2.05, 4.69) is 34.6 Å². The summed E-state index contributed by atoms with van der Waals surface area (Å²) in [6.07, 6.45) is 7.87. The number of nitrogen functional groups attached to an aromatic ring is 1. The van der Waals surface area contributed by atoms with Gasteiger partial charge < -0.3 is 11.1 Å². The van der Waals surface area contributed by atoms with Crippen molar-refractivity contribution >= 4 is 32.9 Å². The van der Waals surface area contributed by atoms with E-state index in [0.717, 1.165) is 34.4 Å². The van der Waals surface area contributed by atoms with Crippen molar-refractivity contribution in [3.05, 3.63) is 29.8 Å². The minimum absolute atomic E-state index is 0.499. The summed E-state index contributed by atoms with van der Waals surface area (Å²) >= 11 is 1.63. The van der Waals surface area contributed by atoms with Crippen molar-refractivity contribution in [1.29, 1.82) is 0 Å². The summed E-state index contributed by atoms with van der Waals surface area (Å²) in [7, 11) is 0. The molecular formula is C13H15N3S. The van der Waals surface area contributed by atoms with Crippen LogP contribution in [0.5, 0.6) is 0 Å². The molecule has 0 fully saturated rings. The summed E-state index contributed by atoms with van der Waals surface area (Å²) in [5, 5.41) is 3.52. The van der Waals surface area contributed by atoms with Crippen molar-refractivity contribution in [2.45, 2.75) is 25.3 Å². The van der Waals surface area contributed by atoms with Crippen LogP contribution in [-0.2, 0) is 0 Å². The monoisotopic (exact) mass is 245 g/mol. The van der Waals surface area contributed by atoms with Crippen LogP contribution in [0.15, 0.2) is 29.8 Å². The number of aromatic nitrogens is 1. The normalized spacial score (nSPS) is 19.6. The van der Waals surface area contributed by atoms with Crippen molar-refractivity contribution in [3.8, 4) is 0 Å². The molecule has 0 saturated heterocycles. The molecule has 0 aliphatic heterocycles. The Hall–Kier alpha value is -1.55. The van der Waals surface area contributed by atoms with Crippen LogP contribution < -0.4 is 11.1 Å². The molecule has 1 aliphatic rings. The molecule has 1 aromatic carbocycles. The van der Waals surface area contributed by atoms with Crippen molar-refractivity contribution in [2.75, 3.05) is 11.1 Å². The number of anilines is 2. The van der Waals surface area contributed by atoms with E-state index in [9.17, 15) is 0 Å². The highest BCUT2D eigenvalue weighted by atomic mass is 32.1. The number of thiazole rings is 1. The number of allylic oxidation sites excluding steroid dienone is 1. The first-order valence-electron chi connectivity index (χ1n) is 5.88. The van der Waals surface area contributed by atoms with Gasteiger partial charge in [0.05, 0.1) is 21.6 Å². The second-order valence-corrected chi connectivity index (χ2v) is 5.24. The molecule has 0 spiro atoms. The van der Waals surface area contributed by atoms with Crippen LogP contribution in [0.25, 0.3) is 10.2 Å². The van der Waals surface area contributed by atoms with Crippen LogP contribution in [0, 0.1) is 0 Å². The summed E-state index contributed by atoms with van der Waals surface area (Å²) < 4.78 is 1.15. The molecule has 1 aromatic heterocycles. The lowest BCUT2D eigenvalue weighted by atomic mass is 10.0. The van der Waals surface area contributed by atoms with Crippen LogP contribution in [0.1, 0.15) is 19.3 Å². The molecule has 3 N–H and O–H groups in total. The third-order valence-electron chi connectivity index (χ3n) is 3.17. The van der Waals surface area contributed by atoms with Crippen LogP contribution >= 0.6 is 11.3 Å². The summed E-state index contributed by atoms with van der Waals surface area (Å²) in [6.45, 7) is 0. The molecule has 1 unspecified atom stereocenters. The molecule has 1 atom stereocenters. The van der Waals surface area contributed by atoms with Gasteiger partial charge in [-0.25, -0.2) is 4.98 Å². The van der Waals surface area contributed by atoms with Crippen molar-refractivity contribution in [3.63, 3.8) is 0 Å². The summed E-state index contributed by atoms with van der Waals surface area (Å²) in [5.74, 6) is 0. The lowest BCUT2D eigenvalue weighted by molar-refractivity contribution is 0.645. The maximum atomic E-state index is 6.14. The second-order valence-electron chi connectivity index (χ2n) is 4.35. The van der Waals surface area contributed by atoms with Crippen LogP contribution in [0.4, 0.5) is 11.4 Å². The fourth-order valence-electron chi connectivity index (χ4n) is 2.22. The van der Waals surface area contributed by atoms with E-state index < -0.39 is 0 Å². The summed E-state index contributed by atoms with van der Waals surface area (Å²) in [4.78, 5) is 4.31. The average Bonchev–Trinajstić information content (AvgIpc) is 2.83. The number of fused-ring (bicyclic) bond motifs is 1. The first-order valence-corrected chi connectivity index (χ1v) is 6.76. The van der Waals surface area contributed by atoms with Crippen molar-refractivity contribution < 1.29 is 0 Å². The third-order valence-corrected chi connectivity index (χ3v) is 3.96. The molecular weight excluding hydrogens is 230 g/mol. The van der Waals surface area contributed by atoms with Gasteiger partial charge in [0.15, 0.2) is 0 Å². The van der Waals surface area contributed by atoms with Gasteiger partial charge in [-0.15, -0.1) is 11.3 Å². The van der Waals surface area contributed by atoms with Gasteiger partial charge in [-0.2, -0.15) is 0 Å². The quantitative estimate of drug-likeness (QED) is 0.630. The van der Waals surface area contributed by atoms with E-state index >= 15 is 0 Å². The standard InChI is InChI=1S/C13H15N3S/c14-12-10(16-9-4-2-1-3-5-9)6-7-11-13(12)15-8-17-11/h1-2,6-9,16H,3-5,14H2. The summed E-state index contributed by atoms with van der Waals surface area (Å²) in [5.41, 5.74) is 10.7. The van der Waals surface area contributed by atoms with Gasteiger partial charge in [0.2, 0.25) is 0 Å². The smallest absolute Gasteiger partial charge is 0.106 e. The Labute approximate surface area is 104 Å². The van der Waals surface area contributed by atoms with Crippen LogP contribution in [0.2, 0.25) is 0 Å². The van der Waals surface area contributed by atoms with Crippen molar-refractivity contribution in [1.82, 2.24) is 4.98 Å². The number of benzene rings is 1. The Bertz CT molecular complexity index is 559. The zero-order valence-electron chi connectivity index (χ0n) is 9.52. The molecule has 1 heterocycles. The number of hydrogen-bond donors (Lipinski definition) is 2. The number of nitrogens with two attached hydrogens (primary N) is 1. The van der Waals surface area contributed by atoms with Crippen molar-refractivity contribution in [2.24, 2.45) is 0 Å². The highest BCUT2D eigenvalue weighted by Crippen LogP contribution is 2.31. The summed E-state index contributed by atoms with van der Waals surface area (Å²) in [6, 6.07) is 4.65. The van der Waals surface area contributed by atoms with E-state index in [0.29, 0.717) is 6.04 Å². The highest BCUT2D eigenvalue weighted by molar-refractivity contribution is 7.16. The van der Waals surface area contributed by atoms with Crippen LogP contribution in [0.3, 0.4) is 0 Å². The molecule has 3 nitrogen and oxygen atoms in total. The van der Waals surface area contributed by atoms with Gasteiger partial charge >= 0.3 is 0 Å². The molecule has 88 valence electrons. The first kappa shape index (κ1) is 10.6. The Balaban J connectivity index is 1.89. The van der Waals surface area contributed by atoms with Gasteiger partial charge in [0.25, 0.3) is 0 Å². The zero-order chi connectivity index (χ0) is 11.7. The molecule has 0 saturated carbocycles. The SMILES string of the molecule is Nc1c(NC2CC=CCC2)ccc2scnc12. The molecule has 0 bridgehead atoms. The predicted molar refractivity (Wildman–Crippen MR) is 74.4 cm³/mol. The molecule has 0 radical (unpaired) electrons. The Morgan fingerprint density at radius 2 is 2.29 bits per heavy atom. The fraction of sp³-hybridized carbons (Fsp3) is 0.308. The second kappa shape index (κ2) is 4.37. The Kier molecular flexibility index (Phi) is 2.73. The molecule has 17 heavy (non-hydrogen) atoms. The average molecular weight is 245 g/mol. The molecule has 0 amide bonds. The maximum absolute atomic E-state index is 6.14. The number of nitrogens with one attached hydrogen (secondary N) is 1. The van der Waals surface area contributed by atoms with Gasteiger partial charge in [-0.3, -0.25) is 0 Å². The first-order chi connectivity index (χ1) is 8.34. The van der Waals surface area contributed by atoms with E-state index in [1.165, 1.54) is 6.42 Å². The van der Waals surface area contributed by atoms with Gasteiger partial charge in [-0.1, -0.05) is 12.2 Å².